The van der Waals surface area contributed by atoms with Gasteiger partial charge in [-0.25, -0.2) is 12.8 Å². The van der Waals surface area contributed by atoms with E-state index in [1.165, 1.54) is 35.6 Å². The van der Waals surface area contributed by atoms with Gasteiger partial charge in [-0.1, -0.05) is 12.1 Å². The SMILES string of the molecule is C[C@H](C1CC1)N(C)S(=O)(=O)c1ccccc1F. The predicted molar refractivity (Wildman–Crippen MR) is 63.5 cm³/mol. The maximum absolute atomic E-state index is 13.5. The second-order valence-electron chi connectivity index (χ2n) is 4.53. The van der Waals surface area contributed by atoms with Crippen LogP contribution in [0.3, 0.4) is 0 Å². The Labute approximate surface area is 101 Å². The summed E-state index contributed by atoms with van der Waals surface area (Å²) in [6, 6.07) is 5.42. The number of hydrogen-bond acceptors (Lipinski definition) is 2. The molecule has 0 aromatic heterocycles. The van der Waals surface area contributed by atoms with Crippen LogP contribution in [-0.2, 0) is 10.0 Å². The van der Waals surface area contributed by atoms with Crippen LogP contribution in [0.4, 0.5) is 4.39 Å². The van der Waals surface area contributed by atoms with Gasteiger partial charge in [0.15, 0.2) is 0 Å². The summed E-state index contributed by atoms with van der Waals surface area (Å²) < 4.78 is 39.2. The van der Waals surface area contributed by atoms with Crippen LogP contribution in [0.15, 0.2) is 29.2 Å². The molecule has 0 saturated heterocycles. The number of nitrogens with zero attached hydrogens (tertiary/aromatic N) is 1. The van der Waals surface area contributed by atoms with Gasteiger partial charge in [0.2, 0.25) is 10.0 Å². The van der Waals surface area contributed by atoms with Gasteiger partial charge < -0.3 is 0 Å². The Bertz CT molecular complexity index is 511. The lowest BCUT2D eigenvalue weighted by molar-refractivity contribution is 0.355. The maximum Gasteiger partial charge on any atom is 0.245 e. The molecule has 0 bridgehead atoms. The molecule has 2 rings (SSSR count). The third-order valence-corrected chi connectivity index (χ3v) is 5.35. The highest BCUT2D eigenvalue weighted by atomic mass is 32.2. The van der Waals surface area contributed by atoms with E-state index in [0.29, 0.717) is 5.92 Å². The Hall–Kier alpha value is -0.940. The van der Waals surface area contributed by atoms with Gasteiger partial charge in [-0.2, -0.15) is 4.31 Å². The van der Waals surface area contributed by atoms with Crippen LogP contribution >= 0.6 is 0 Å². The van der Waals surface area contributed by atoms with E-state index in [1.807, 2.05) is 6.92 Å². The minimum absolute atomic E-state index is 0.0698. The molecule has 0 heterocycles. The van der Waals surface area contributed by atoms with Crippen LogP contribution in [0.5, 0.6) is 0 Å². The molecule has 0 unspecified atom stereocenters. The van der Waals surface area contributed by atoms with Crippen molar-refractivity contribution in [1.82, 2.24) is 4.31 Å². The van der Waals surface area contributed by atoms with Gasteiger partial charge in [-0.3, -0.25) is 0 Å². The quantitative estimate of drug-likeness (QED) is 0.829. The first-order chi connectivity index (χ1) is 7.94. The van der Waals surface area contributed by atoms with Gasteiger partial charge in [0, 0.05) is 13.1 Å². The number of hydrogen-bond donors (Lipinski definition) is 0. The topological polar surface area (TPSA) is 37.4 Å². The zero-order valence-electron chi connectivity index (χ0n) is 9.93. The molecule has 0 spiro atoms. The van der Waals surface area contributed by atoms with E-state index in [0.717, 1.165) is 12.8 Å². The lowest BCUT2D eigenvalue weighted by atomic mass is 10.2. The summed E-state index contributed by atoms with van der Waals surface area (Å²) in [5, 5.41) is 0. The van der Waals surface area contributed by atoms with Crippen molar-refractivity contribution >= 4 is 10.0 Å². The molecule has 0 aliphatic heterocycles. The molecular weight excluding hydrogens is 241 g/mol. The van der Waals surface area contributed by atoms with Crippen molar-refractivity contribution in [2.45, 2.75) is 30.7 Å². The minimum Gasteiger partial charge on any atom is -0.207 e. The summed E-state index contributed by atoms with van der Waals surface area (Å²) in [5.41, 5.74) is 0. The molecular formula is C12H16FNO2S. The maximum atomic E-state index is 13.5. The van der Waals surface area contributed by atoms with Crippen LogP contribution in [-0.4, -0.2) is 25.8 Å². The summed E-state index contributed by atoms with van der Waals surface area (Å²) >= 11 is 0. The largest absolute Gasteiger partial charge is 0.245 e. The number of rotatable bonds is 4. The highest BCUT2D eigenvalue weighted by Gasteiger charge is 2.36. The molecule has 1 aliphatic carbocycles. The molecule has 0 N–H and O–H groups in total. The molecule has 1 aromatic carbocycles. The van der Waals surface area contributed by atoms with E-state index in [9.17, 15) is 12.8 Å². The average Bonchev–Trinajstić information content (AvgIpc) is 3.11. The molecule has 5 heteroatoms. The first-order valence-electron chi connectivity index (χ1n) is 5.67. The lowest BCUT2D eigenvalue weighted by Gasteiger charge is -2.24. The fourth-order valence-corrected chi connectivity index (χ4v) is 3.39. The zero-order valence-corrected chi connectivity index (χ0v) is 10.7. The fraction of sp³-hybridized carbons (Fsp3) is 0.500. The van der Waals surface area contributed by atoms with Crippen molar-refractivity contribution in [2.24, 2.45) is 5.92 Å². The highest BCUT2D eigenvalue weighted by Crippen LogP contribution is 2.36. The van der Waals surface area contributed by atoms with Crippen molar-refractivity contribution < 1.29 is 12.8 Å². The molecule has 0 amide bonds. The smallest absolute Gasteiger partial charge is 0.207 e. The Kier molecular flexibility index (Phi) is 3.23. The molecule has 1 fully saturated rings. The van der Waals surface area contributed by atoms with Crippen LogP contribution in [0.2, 0.25) is 0 Å². The van der Waals surface area contributed by atoms with E-state index >= 15 is 0 Å². The second-order valence-corrected chi connectivity index (χ2v) is 6.50. The van der Waals surface area contributed by atoms with Crippen LogP contribution < -0.4 is 0 Å². The van der Waals surface area contributed by atoms with Gasteiger partial charge in [-0.15, -0.1) is 0 Å². The van der Waals surface area contributed by atoms with Gasteiger partial charge >= 0.3 is 0 Å². The standard InChI is InChI=1S/C12H16FNO2S/c1-9(10-7-8-10)14(2)17(15,16)12-6-4-3-5-11(12)13/h3-6,9-10H,7-8H2,1-2H3/t9-/m1/s1. The molecule has 3 nitrogen and oxygen atoms in total. The average molecular weight is 257 g/mol. The normalized spacial score (nSPS) is 18.4. The molecule has 17 heavy (non-hydrogen) atoms. The molecule has 1 aliphatic rings. The second kappa shape index (κ2) is 4.38. The van der Waals surface area contributed by atoms with Crippen molar-refractivity contribution in [2.75, 3.05) is 7.05 Å². The van der Waals surface area contributed by atoms with Crippen molar-refractivity contribution in [3.63, 3.8) is 0 Å². The van der Waals surface area contributed by atoms with Gasteiger partial charge in [0.1, 0.15) is 10.7 Å². The highest BCUT2D eigenvalue weighted by molar-refractivity contribution is 7.89. The number of benzene rings is 1. The monoisotopic (exact) mass is 257 g/mol. The van der Waals surface area contributed by atoms with E-state index in [2.05, 4.69) is 0 Å². The van der Waals surface area contributed by atoms with E-state index in [-0.39, 0.29) is 10.9 Å². The first kappa shape index (κ1) is 12.5. The summed E-state index contributed by atoms with van der Waals surface area (Å²) in [4.78, 5) is -0.241. The Morgan fingerprint density at radius 3 is 2.47 bits per heavy atom. The zero-order chi connectivity index (χ0) is 12.6. The molecule has 1 saturated carbocycles. The molecule has 0 radical (unpaired) electrons. The number of sulfonamides is 1. The van der Waals surface area contributed by atoms with E-state index < -0.39 is 15.8 Å². The van der Waals surface area contributed by atoms with Gasteiger partial charge in [0.05, 0.1) is 0 Å². The molecule has 94 valence electrons. The van der Waals surface area contributed by atoms with Crippen LogP contribution in [0, 0.1) is 11.7 Å². The summed E-state index contributed by atoms with van der Waals surface area (Å²) in [5.74, 6) is -0.274. The summed E-state index contributed by atoms with van der Waals surface area (Å²) in [7, 11) is -2.20. The number of halogens is 1. The van der Waals surface area contributed by atoms with Crippen LogP contribution in [0.25, 0.3) is 0 Å². The Balaban J connectivity index is 2.32. The first-order valence-corrected chi connectivity index (χ1v) is 7.11. The fourth-order valence-electron chi connectivity index (χ4n) is 1.90. The summed E-state index contributed by atoms with van der Waals surface area (Å²) in [6.45, 7) is 1.87. The molecule has 1 aromatic rings. The lowest BCUT2D eigenvalue weighted by Crippen LogP contribution is -2.36. The van der Waals surface area contributed by atoms with E-state index in [1.54, 1.807) is 0 Å². The van der Waals surface area contributed by atoms with Gasteiger partial charge in [0.25, 0.3) is 0 Å². The minimum atomic E-state index is -3.72. The van der Waals surface area contributed by atoms with Gasteiger partial charge in [-0.05, 0) is 37.8 Å². The van der Waals surface area contributed by atoms with Crippen molar-refractivity contribution in [1.29, 1.82) is 0 Å². The predicted octanol–water partition coefficient (Wildman–Crippen LogP) is 2.24. The third kappa shape index (κ3) is 2.35. The Morgan fingerprint density at radius 2 is 1.94 bits per heavy atom. The van der Waals surface area contributed by atoms with Crippen molar-refractivity contribution in [3.05, 3.63) is 30.1 Å². The Morgan fingerprint density at radius 1 is 1.35 bits per heavy atom. The molecule has 1 atom stereocenters. The van der Waals surface area contributed by atoms with Crippen LogP contribution in [0.1, 0.15) is 19.8 Å². The summed E-state index contributed by atoms with van der Waals surface area (Å²) in [6.07, 6.45) is 2.11. The third-order valence-electron chi connectivity index (χ3n) is 3.37. The van der Waals surface area contributed by atoms with E-state index in [4.69, 9.17) is 0 Å². The van der Waals surface area contributed by atoms with Crippen molar-refractivity contribution in [3.8, 4) is 0 Å².